The predicted molar refractivity (Wildman–Crippen MR) is 99.7 cm³/mol. The molecule has 0 bridgehead atoms. The number of nitrogens with zero attached hydrogens (tertiary/aromatic N) is 2. The topological polar surface area (TPSA) is 96.7 Å². The highest BCUT2D eigenvalue weighted by atomic mass is 19.4. The van der Waals surface area contributed by atoms with Crippen LogP contribution in [0.3, 0.4) is 0 Å². The number of nitrogens with one attached hydrogen (secondary N) is 2. The minimum atomic E-state index is -4.50. The van der Waals surface area contributed by atoms with E-state index >= 15 is 0 Å². The molecule has 146 valence electrons. The monoisotopic (exact) mass is 389 g/mol. The molecule has 6 nitrogen and oxygen atoms in total. The van der Waals surface area contributed by atoms with E-state index in [1.165, 1.54) is 24.5 Å². The molecular weight excluding hydrogens is 371 g/mol. The average molecular weight is 389 g/mol. The Bertz CT molecular complexity index is 1030. The van der Waals surface area contributed by atoms with Crippen LogP contribution < -0.4 is 11.1 Å². The number of carbonyl (C=O) groups is 1. The Kier molecular flexibility index (Phi) is 5.08. The van der Waals surface area contributed by atoms with Gasteiger partial charge in [0.1, 0.15) is 12.1 Å². The first-order chi connectivity index (χ1) is 13.2. The fraction of sp³-hybridized carbons (Fsp3) is 0.211. The molecule has 0 spiro atoms. The first kappa shape index (κ1) is 19.4. The standard InChI is InChI=1S/C19H18F3N5O/c1-3-10-4-5-11(6-13(10)19(20,21)22)17-12(18(23)28)7-15(27-17)14-8-16(24-2)26-9-25-14/h4-9,27H,3H2,1-2H3,(H2,23,28)(H,24,25,26). The first-order valence-corrected chi connectivity index (χ1v) is 8.48. The molecule has 3 rings (SSSR count). The van der Waals surface area contributed by atoms with Crippen LogP contribution in [0.4, 0.5) is 19.0 Å². The van der Waals surface area contributed by atoms with Crippen LogP contribution in [-0.4, -0.2) is 27.9 Å². The van der Waals surface area contributed by atoms with Crippen molar-refractivity contribution in [3.8, 4) is 22.6 Å². The number of hydrogen-bond donors (Lipinski definition) is 3. The Balaban J connectivity index is 2.17. The molecule has 3 aromatic rings. The number of aromatic nitrogens is 3. The number of benzene rings is 1. The van der Waals surface area contributed by atoms with Crippen LogP contribution in [0.15, 0.2) is 36.7 Å². The summed E-state index contributed by atoms with van der Waals surface area (Å²) in [6.45, 7) is 1.65. The number of halogens is 3. The van der Waals surface area contributed by atoms with Crippen molar-refractivity contribution in [1.29, 1.82) is 0 Å². The van der Waals surface area contributed by atoms with Gasteiger partial charge in [-0.25, -0.2) is 9.97 Å². The normalized spacial score (nSPS) is 11.5. The van der Waals surface area contributed by atoms with Crippen molar-refractivity contribution in [2.45, 2.75) is 19.5 Å². The number of aryl methyl sites for hydroxylation is 1. The maximum Gasteiger partial charge on any atom is 0.416 e. The zero-order chi connectivity index (χ0) is 20.5. The summed E-state index contributed by atoms with van der Waals surface area (Å²) in [5.74, 6) is -0.207. The predicted octanol–water partition coefficient (Wildman–Crippen LogP) is 3.86. The number of amides is 1. The molecule has 0 saturated heterocycles. The number of anilines is 1. The summed E-state index contributed by atoms with van der Waals surface area (Å²) in [6.07, 6.45) is -2.93. The van der Waals surface area contributed by atoms with Gasteiger partial charge in [0.25, 0.3) is 5.91 Å². The van der Waals surface area contributed by atoms with Crippen LogP contribution in [0.25, 0.3) is 22.6 Å². The molecule has 1 aromatic carbocycles. The Hall–Kier alpha value is -3.36. The Morgan fingerprint density at radius 2 is 1.96 bits per heavy atom. The molecule has 0 fully saturated rings. The van der Waals surface area contributed by atoms with Gasteiger partial charge in [-0.05, 0) is 29.7 Å². The molecule has 0 radical (unpaired) electrons. The van der Waals surface area contributed by atoms with Crippen molar-refractivity contribution in [3.05, 3.63) is 53.3 Å². The third kappa shape index (κ3) is 3.68. The van der Waals surface area contributed by atoms with E-state index in [1.54, 1.807) is 20.0 Å². The zero-order valence-electron chi connectivity index (χ0n) is 15.2. The van der Waals surface area contributed by atoms with E-state index in [1.807, 2.05) is 0 Å². The summed E-state index contributed by atoms with van der Waals surface area (Å²) < 4.78 is 40.3. The first-order valence-electron chi connectivity index (χ1n) is 8.48. The molecule has 4 N–H and O–H groups in total. The van der Waals surface area contributed by atoms with Crippen molar-refractivity contribution in [3.63, 3.8) is 0 Å². The lowest BCUT2D eigenvalue weighted by molar-refractivity contribution is -0.138. The third-order valence-electron chi connectivity index (χ3n) is 4.37. The van der Waals surface area contributed by atoms with Gasteiger partial charge in [-0.15, -0.1) is 0 Å². The van der Waals surface area contributed by atoms with Gasteiger partial charge in [0.15, 0.2) is 0 Å². The number of primary amides is 1. The SMILES string of the molecule is CCc1ccc(-c2[nH]c(-c3cc(NC)ncn3)cc2C(N)=O)cc1C(F)(F)F. The number of hydrogen-bond acceptors (Lipinski definition) is 4. The van der Waals surface area contributed by atoms with E-state index in [-0.39, 0.29) is 28.8 Å². The second-order valence-corrected chi connectivity index (χ2v) is 6.10. The minimum absolute atomic E-state index is 0.0805. The summed E-state index contributed by atoms with van der Waals surface area (Å²) in [5, 5.41) is 2.87. The maximum absolute atomic E-state index is 13.4. The van der Waals surface area contributed by atoms with Crippen molar-refractivity contribution < 1.29 is 18.0 Å². The second kappa shape index (κ2) is 7.34. The number of alkyl halides is 3. The van der Waals surface area contributed by atoms with E-state index in [0.29, 0.717) is 17.2 Å². The van der Waals surface area contributed by atoms with Crippen LogP contribution >= 0.6 is 0 Å². The van der Waals surface area contributed by atoms with Gasteiger partial charge in [0, 0.05) is 13.1 Å². The molecule has 0 saturated carbocycles. The number of carbonyl (C=O) groups excluding carboxylic acids is 1. The van der Waals surface area contributed by atoms with Crippen molar-refractivity contribution in [1.82, 2.24) is 15.0 Å². The largest absolute Gasteiger partial charge is 0.416 e. The average Bonchev–Trinajstić information content (AvgIpc) is 3.12. The van der Waals surface area contributed by atoms with Gasteiger partial charge in [-0.1, -0.05) is 19.1 Å². The summed E-state index contributed by atoms with van der Waals surface area (Å²) in [6, 6.07) is 7.09. The highest BCUT2D eigenvalue weighted by molar-refractivity contribution is 6.00. The lowest BCUT2D eigenvalue weighted by Gasteiger charge is -2.13. The van der Waals surface area contributed by atoms with Crippen LogP contribution in [0, 0.1) is 0 Å². The van der Waals surface area contributed by atoms with Gasteiger partial charge in [-0.3, -0.25) is 4.79 Å². The van der Waals surface area contributed by atoms with Crippen LogP contribution in [0.5, 0.6) is 0 Å². The molecular formula is C19H18F3N5O. The Morgan fingerprint density at radius 1 is 1.21 bits per heavy atom. The molecule has 0 aliphatic heterocycles. The second-order valence-electron chi connectivity index (χ2n) is 6.10. The lowest BCUT2D eigenvalue weighted by atomic mass is 9.98. The van der Waals surface area contributed by atoms with E-state index in [2.05, 4.69) is 20.3 Å². The van der Waals surface area contributed by atoms with E-state index in [0.717, 1.165) is 6.07 Å². The summed E-state index contributed by atoms with van der Waals surface area (Å²) in [7, 11) is 1.69. The fourth-order valence-corrected chi connectivity index (χ4v) is 2.96. The third-order valence-corrected chi connectivity index (χ3v) is 4.37. The molecule has 0 atom stereocenters. The molecule has 2 aromatic heterocycles. The molecule has 28 heavy (non-hydrogen) atoms. The Labute approximate surface area is 159 Å². The number of rotatable bonds is 5. The molecule has 1 amide bonds. The molecule has 9 heteroatoms. The van der Waals surface area contributed by atoms with Gasteiger partial charge >= 0.3 is 6.18 Å². The van der Waals surface area contributed by atoms with Gasteiger partial charge in [-0.2, -0.15) is 13.2 Å². The molecule has 2 heterocycles. The van der Waals surface area contributed by atoms with E-state index in [9.17, 15) is 18.0 Å². The van der Waals surface area contributed by atoms with Crippen molar-refractivity contribution >= 4 is 11.7 Å². The van der Waals surface area contributed by atoms with Crippen molar-refractivity contribution in [2.24, 2.45) is 5.73 Å². The summed E-state index contributed by atoms with van der Waals surface area (Å²) in [5.41, 5.74) is 6.31. The molecule has 0 unspecified atom stereocenters. The van der Waals surface area contributed by atoms with Crippen molar-refractivity contribution in [2.75, 3.05) is 12.4 Å². The van der Waals surface area contributed by atoms with Crippen LogP contribution in [0.2, 0.25) is 0 Å². The molecule has 0 aliphatic rings. The lowest BCUT2D eigenvalue weighted by Crippen LogP contribution is -2.12. The van der Waals surface area contributed by atoms with E-state index < -0.39 is 17.6 Å². The smallest absolute Gasteiger partial charge is 0.373 e. The maximum atomic E-state index is 13.4. The van der Waals surface area contributed by atoms with Gasteiger partial charge in [0.2, 0.25) is 0 Å². The van der Waals surface area contributed by atoms with Crippen LogP contribution in [0.1, 0.15) is 28.4 Å². The number of nitrogens with two attached hydrogens (primary N) is 1. The summed E-state index contributed by atoms with van der Waals surface area (Å²) in [4.78, 5) is 23.0. The van der Waals surface area contributed by atoms with Gasteiger partial charge < -0.3 is 16.0 Å². The van der Waals surface area contributed by atoms with Crippen LogP contribution in [-0.2, 0) is 12.6 Å². The highest BCUT2D eigenvalue weighted by Crippen LogP contribution is 2.36. The number of aromatic amines is 1. The number of H-pyrrole nitrogens is 1. The molecule has 0 aliphatic carbocycles. The zero-order valence-corrected chi connectivity index (χ0v) is 15.2. The van der Waals surface area contributed by atoms with Gasteiger partial charge in [0.05, 0.1) is 28.2 Å². The quantitative estimate of drug-likeness (QED) is 0.617. The fourth-order valence-electron chi connectivity index (χ4n) is 2.96. The summed E-state index contributed by atoms with van der Waals surface area (Å²) >= 11 is 0. The minimum Gasteiger partial charge on any atom is -0.373 e. The Morgan fingerprint density at radius 3 is 2.57 bits per heavy atom. The highest BCUT2D eigenvalue weighted by Gasteiger charge is 2.33. The van der Waals surface area contributed by atoms with E-state index in [4.69, 9.17) is 5.73 Å².